The highest BCUT2D eigenvalue weighted by atomic mass is 16.6. The number of nitrogen functional groups attached to an aromatic ring is 1. The largest absolute Gasteiger partial charge is 0.485 e. The van der Waals surface area contributed by atoms with Crippen molar-refractivity contribution in [2.45, 2.75) is 13.0 Å². The van der Waals surface area contributed by atoms with Crippen molar-refractivity contribution in [3.63, 3.8) is 0 Å². The van der Waals surface area contributed by atoms with E-state index in [1.165, 1.54) is 0 Å². The van der Waals surface area contributed by atoms with Gasteiger partial charge in [0.2, 0.25) is 0 Å². The molecule has 0 spiro atoms. The summed E-state index contributed by atoms with van der Waals surface area (Å²) in [5.74, 6) is 1.06. The molecular weight excluding hydrogens is 272 g/mol. The van der Waals surface area contributed by atoms with Crippen LogP contribution in [0, 0.1) is 6.92 Å². The molecule has 1 aliphatic heterocycles. The molecule has 1 unspecified atom stereocenters. The van der Waals surface area contributed by atoms with Crippen LogP contribution in [0.4, 0.5) is 5.82 Å². The monoisotopic (exact) mass is 286 g/mol. The van der Waals surface area contributed by atoms with E-state index >= 15 is 0 Å². The van der Waals surface area contributed by atoms with Crippen molar-refractivity contribution in [3.05, 3.63) is 41.3 Å². The summed E-state index contributed by atoms with van der Waals surface area (Å²) in [6.45, 7) is 1.92. The van der Waals surface area contributed by atoms with Crippen LogP contribution in [0.3, 0.4) is 0 Å². The summed E-state index contributed by atoms with van der Waals surface area (Å²) in [7, 11) is 0. The van der Waals surface area contributed by atoms with Gasteiger partial charge in [-0.3, -0.25) is 4.79 Å². The number of carbonyl (C=O) groups is 1. The SMILES string of the molecule is Cc1nc(C2COc3ccccc3O2)nc(N)c1C(N)=O. The van der Waals surface area contributed by atoms with Gasteiger partial charge in [-0.15, -0.1) is 0 Å². The Morgan fingerprint density at radius 1 is 1.29 bits per heavy atom. The third-order valence-corrected chi connectivity index (χ3v) is 3.18. The third kappa shape index (κ3) is 2.33. The normalized spacial score (nSPS) is 16.5. The van der Waals surface area contributed by atoms with Gasteiger partial charge in [-0.2, -0.15) is 0 Å². The number of ether oxygens (including phenoxy) is 2. The van der Waals surface area contributed by atoms with Gasteiger partial charge in [0.1, 0.15) is 18.0 Å². The van der Waals surface area contributed by atoms with E-state index in [0.29, 0.717) is 23.0 Å². The van der Waals surface area contributed by atoms with E-state index in [2.05, 4.69) is 9.97 Å². The summed E-state index contributed by atoms with van der Waals surface area (Å²) in [6, 6.07) is 7.34. The molecule has 7 nitrogen and oxygen atoms in total. The third-order valence-electron chi connectivity index (χ3n) is 3.18. The van der Waals surface area contributed by atoms with Gasteiger partial charge in [-0.25, -0.2) is 9.97 Å². The van der Waals surface area contributed by atoms with Crippen molar-refractivity contribution in [3.8, 4) is 11.5 Å². The number of carbonyl (C=O) groups excluding carboxylic acids is 1. The highest BCUT2D eigenvalue weighted by Gasteiger charge is 2.26. The second-order valence-electron chi connectivity index (χ2n) is 4.66. The predicted octanol–water partition coefficient (Wildman–Crippen LogP) is 0.979. The van der Waals surface area contributed by atoms with Crippen molar-refractivity contribution >= 4 is 11.7 Å². The molecule has 1 aromatic carbocycles. The van der Waals surface area contributed by atoms with Gasteiger partial charge < -0.3 is 20.9 Å². The zero-order valence-electron chi connectivity index (χ0n) is 11.4. The molecule has 0 saturated carbocycles. The number of fused-ring (bicyclic) bond motifs is 1. The molecule has 0 aliphatic carbocycles. The summed E-state index contributed by atoms with van der Waals surface area (Å²) < 4.78 is 11.4. The summed E-state index contributed by atoms with van der Waals surface area (Å²) in [5, 5.41) is 0. The Hall–Kier alpha value is -2.83. The number of aryl methyl sites for hydroxylation is 1. The molecule has 1 amide bonds. The maximum absolute atomic E-state index is 11.3. The zero-order chi connectivity index (χ0) is 15.0. The van der Waals surface area contributed by atoms with Gasteiger partial charge in [-0.1, -0.05) is 12.1 Å². The van der Waals surface area contributed by atoms with Crippen molar-refractivity contribution < 1.29 is 14.3 Å². The number of primary amides is 1. The summed E-state index contributed by atoms with van der Waals surface area (Å²) in [6.07, 6.45) is -0.483. The minimum absolute atomic E-state index is 0.0486. The molecule has 21 heavy (non-hydrogen) atoms. The lowest BCUT2D eigenvalue weighted by atomic mass is 10.2. The predicted molar refractivity (Wildman–Crippen MR) is 75.0 cm³/mol. The first-order valence-electron chi connectivity index (χ1n) is 6.38. The highest BCUT2D eigenvalue weighted by Crippen LogP contribution is 2.35. The molecule has 2 heterocycles. The Morgan fingerprint density at radius 3 is 2.67 bits per heavy atom. The molecule has 3 rings (SSSR count). The molecular formula is C14H14N4O3. The molecule has 0 fully saturated rings. The Morgan fingerprint density at radius 2 is 2.00 bits per heavy atom. The van der Waals surface area contributed by atoms with E-state index in [1.807, 2.05) is 18.2 Å². The number of amides is 1. The number of nitrogens with zero attached hydrogens (tertiary/aromatic N) is 2. The van der Waals surface area contributed by atoms with Gasteiger partial charge in [0.25, 0.3) is 5.91 Å². The van der Waals surface area contributed by atoms with Crippen LogP contribution in [-0.2, 0) is 0 Å². The topological polar surface area (TPSA) is 113 Å². The Bertz CT molecular complexity index is 694. The fraction of sp³-hybridized carbons (Fsp3) is 0.214. The van der Waals surface area contributed by atoms with Crippen LogP contribution in [0.15, 0.2) is 24.3 Å². The summed E-state index contributed by atoms with van der Waals surface area (Å²) >= 11 is 0. The van der Waals surface area contributed by atoms with Crippen LogP contribution in [-0.4, -0.2) is 22.5 Å². The number of anilines is 1. The average Bonchev–Trinajstić information content (AvgIpc) is 2.45. The molecule has 0 radical (unpaired) electrons. The maximum atomic E-state index is 11.3. The first-order valence-corrected chi connectivity index (χ1v) is 6.38. The number of hydrogen-bond acceptors (Lipinski definition) is 6. The van der Waals surface area contributed by atoms with Crippen LogP contribution in [0.1, 0.15) is 28.0 Å². The molecule has 1 aromatic heterocycles. The molecule has 2 aromatic rings. The number of benzene rings is 1. The van der Waals surface area contributed by atoms with Gasteiger partial charge in [0.05, 0.1) is 5.69 Å². The highest BCUT2D eigenvalue weighted by molar-refractivity contribution is 5.98. The lowest BCUT2D eigenvalue weighted by Gasteiger charge is -2.25. The number of rotatable bonds is 2. The van der Waals surface area contributed by atoms with E-state index in [0.717, 1.165) is 0 Å². The van der Waals surface area contributed by atoms with Gasteiger partial charge in [0.15, 0.2) is 23.4 Å². The number of aromatic nitrogens is 2. The maximum Gasteiger partial charge on any atom is 0.254 e. The van der Waals surface area contributed by atoms with E-state index < -0.39 is 12.0 Å². The van der Waals surface area contributed by atoms with E-state index in [1.54, 1.807) is 13.0 Å². The first kappa shape index (κ1) is 13.2. The second kappa shape index (κ2) is 4.93. The fourth-order valence-electron chi connectivity index (χ4n) is 2.21. The lowest BCUT2D eigenvalue weighted by Crippen LogP contribution is -2.26. The quantitative estimate of drug-likeness (QED) is 0.850. The second-order valence-corrected chi connectivity index (χ2v) is 4.66. The van der Waals surface area contributed by atoms with Crippen LogP contribution < -0.4 is 20.9 Å². The summed E-state index contributed by atoms with van der Waals surface area (Å²) in [5.41, 5.74) is 11.6. The lowest BCUT2D eigenvalue weighted by molar-refractivity contribution is 0.0849. The summed E-state index contributed by atoms with van der Waals surface area (Å²) in [4.78, 5) is 19.7. The van der Waals surface area contributed by atoms with Crippen molar-refractivity contribution in [1.29, 1.82) is 0 Å². The van der Waals surface area contributed by atoms with Gasteiger partial charge in [0, 0.05) is 0 Å². The minimum Gasteiger partial charge on any atom is -0.485 e. The minimum atomic E-state index is -0.650. The van der Waals surface area contributed by atoms with Crippen LogP contribution in [0.5, 0.6) is 11.5 Å². The van der Waals surface area contributed by atoms with E-state index in [-0.39, 0.29) is 18.0 Å². The average molecular weight is 286 g/mol. The molecule has 0 saturated heterocycles. The van der Waals surface area contributed by atoms with Gasteiger partial charge in [-0.05, 0) is 19.1 Å². The number of nitrogens with two attached hydrogens (primary N) is 2. The first-order chi connectivity index (χ1) is 10.1. The van der Waals surface area contributed by atoms with Crippen LogP contribution in [0.2, 0.25) is 0 Å². The molecule has 0 bridgehead atoms. The van der Waals surface area contributed by atoms with Crippen molar-refractivity contribution in [2.24, 2.45) is 5.73 Å². The van der Waals surface area contributed by atoms with Crippen LogP contribution >= 0.6 is 0 Å². The smallest absolute Gasteiger partial charge is 0.254 e. The molecule has 7 heteroatoms. The van der Waals surface area contributed by atoms with E-state index in [4.69, 9.17) is 20.9 Å². The standard InChI is InChI=1S/C14H14N4O3/c1-7-11(13(16)19)12(15)18-14(17-7)10-6-20-8-4-2-3-5-9(8)21-10/h2-5,10H,6H2,1H3,(H2,16,19)(H2,15,17,18). The van der Waals surface area contributed by atoms with Crippen LogP contribution in [0.25, 0.3) is 0 Å². The molecule has 1 atom stereocenters. The zero-order valence-corrected chi connectivity index (χ0v) is 11.4. The fourth-order valence-corrected chi connectivity index (χ4v) is 2.21. The molecule has 108 valence electrons. The Kier molecular flexibility index (Phi) is 3.09. The number of para-hydroxylation sites is 2. The van der Waals surface area contributed by atoms with Crippen molar-refractivity contribution in [2.75, 3.05) is 12.3 Å². The number of hydrogen-bond donors (Lipinski definition) is 2. The van der Waals surface area contributed by atoms with Crippen molar-refractivity contribution in [1.82, 2.24) is 9.97 Å². The molecule has 1 aliphatic rings. The Balaban J connectivity index is 1.94. The van der Waals surface area contributed by atoms with Gasteiger partial charge >= 0.3 is 0 Å². The molecule has 4 N–H and O–H groups in total. The van der Waals surface area contributed by atoms with E-state index in [9.17, 15) is 4.79 Å². The Labute approximate surface area is 120 Å².